The van der Waals surface area contributed by atoms with Gasteiger partial charge in [-0.1, -0.05) is 11.6 Å². The standard InChI is InChI=1S/C11H16ClFNO3P/c1-3-16-18(15,17-4-2)11(14)9-7-8(12)5-6-10(9)13/h5-7,11H,3-4,14H2,1-2H3/t11-/m1/s1. The second-order valence-corrected chi connectivity index (χ2v) is 6.07. The molecule has 0 fully saturated rings. The van der Waals surface area contributed by atoms with E-state index in [1.54, 1.807) is 13.8 Å². The van der Waals surface area contributed by atoms with Gasteiger partial charge >= 0.3 is 7.60 Å². The molecule has 18 heavy (non-hydrogen) atoms. The SMILES string of the molecule is CCOP(=O)(OCC)[C@@H](N)c1cc(Cl)ccc1F. The molecule has 0 spiro atoms. The molecule has 0 aliphatic heterocycles. The molecule has 0 saturated carbocycles. The minimum atomic E-state index is -3.60. The average Bonchev–Trinajstić information content (AvgIpc) is 2.32. The first-order chi connectivity index (χ1) is 8.44. The summed E-state index contributed by atoms with van der Waals surface area (Å²) < 4.78 is 36.2. The summed E-state index contributed by atoms with van der Waals surface area (Å²) in [6.45, 7) is 3.64. The molecule has 2 N–H and O–H groups in total. The van der Waals surface area contributed by atoms with E-state index >= 15 is 0 Å². The highest BCUT2D eigenvalue weighted by Crippen LogP contribution is 2.58. The lowest BCUT2D eigenvalue weighted by molar-refractivity contribution is 0.212. The van der Waals surface area contributed by atoms with E-state index in [4.69, 9.17) is 26.4 Å². The number of hydrogen-bond acceptors (Lipinski definition) is 4. The molecule has 0 saturated heterocycles. The minimum Gasteiger partial charge on any atom is -0.314 e. The molecular weight excluding hydrogens is 280 g/mol. The van der Waals surface area contributed by atoms with Crippen LogP contribution in [0.1, 0.15) is 25.2 Å². The number of hydrogen-bond donors (Lipinski definition) is 1. The van der Waals surface area contributed by atoms with Crippen LogP contribution in [0.15, 0.2) is 18.2 Å². The van der Waals surface area contributed by atoms with Crippen LogP contribution in [0.25, 0.3) is 0 Å². The van der Waals surface area contributed by atoms with E-state index in [0.717, 1.165) is 0 Å². The topological polar surface area (TPSA) is 61.5 Å². The van der Waals surface area contributed by atoms with Crippen molar-refractivity contribution in [2.24, 2.45) is 5.73 Å². The maximum absolute atomic E-state index is 13.7. The molecule has 0 unspecified atom stereocenters. The Kier molecular flexibility index (Phi) is 5.76. The van der Waals surface area contributed by atoms with Crippen LogP contribution in [-0.2, 0) is 13.6 Å². The zero-order valence-electron chi connectivity index (χ0n) is 10.2. The molecule has 4 nitrogen and oxygen atoms in total. The number of benzene rings is 1. The Bertz CT molecular complexity index is 448. The predicted octanol–water partition coefficient (Wildman–Crippen LogP) is 3.70. The molecule has 0 heterocycles. The molecule has 0 aromatic heterocycles. The second-order valence-electron chi connectivity index (χ2n) is 3.49. The molecule has 0 aliphatic rings. The summed E-state index contributed by atoms with van der Waals surface area (Å²) in [6, 6.07) is 3.88. The Hall–Kier alpha value is -0.450. The summed E-state index contributed by atoms with van der Waals surface area (Å²) in [4.78, 5) is 0. The fraction of sp³-hybridized carbons (Fsp3) is 0.455. The molecule has 1 aromatic carbocycles. The second kappa shape index (κ2) is 6.64. The van der Waals surface area contributed by atoms with Gasteiger partial charge in [0.2, 0.25) is 0 Å². The summed E-state index contributed by atoms with van der Waals surface area (Å²) in [5, 5.41) is 0.307. The fourth-order valence-electron chi connectivity index (χ4n) is 1.47. The van der Waals surface area contributed by atoms with E-state index in [0.29, 0.717) is 5.02 Å². The van der Waals surface area contributed by atoms with Crippen molar-refractivity contribution in [3.63, 3.8) is 0 Å². The third-order valence-electron chi connectivity index (χ3n) is 2.24. The quantitative estimate of drug-likeness (QED) is 0.813. The van der Waals surface area contributed by atoms with Gasteiger partial charge in [-0.3, -0.25) is 4.57 Å². The van der Waals surface area contributed by atoms with Crippen LogP contribution in [0.2, 0.25) is 5.02 Å². The van der Waals surface area contributed by atoms with Crippen LogP contribution in [0.4, 0.5) is 4.39 Å². The lowest BCUT2D eigenvalue weighted by Gasteiger charge is -2.23. The molecular formula is C11H16ClFNO3P. The molecule has 0 aliphatic carbocycles. The average molecular weight is 296 g/mol. The Morgan fingerprint density at radius 3 is 2.44 bits per heavy atom. The highest BCUT2D eigenvalue weighted by molar-refractivity contribution is 7.54. The smallest absolute Gasteiger partial charge is 0.314 e. The van der Waals surface area contributed by atoms with Gasteiger partial charge in [0.25, 0.3) is 0 Å². The Labute approximate surface area is 111 Å². The Morgan fingerprint density at radius 2 is 1.94 bits per heavy atom. The van der Waals surface area contributed by atoms with Crippen LogP contribution in [0.5, 0.6) is 0 Å². The van der Waals surface area contributed by atoms with Crippen molar-refractivity contribution in [1.82, 2.24) is 0 Å². The molecule has 0 amide bonds. The molecule has 1 atom stereocenters. The van der Waals surface area contributed by atoms with Crippen LogP contribution in [-0.4, -0.2) is 13.2 Å². The first-order valence-electron chi connectivity index (χ1n) is 5.54. The van der Waals surface area contributed by atoms with Gasteiger partial charge < -0.3 is 14.8 Å². The highest BCUT2D eigenvalue weighted by Gasteiger charge is 2.35. The molecule has 7 heteroatoms. The van der Waals surface area contributed by atoms with Crippen molar-refractivity contribution < 1.29 is 18.0 Å². The molecule has 1 rings (SSSR count). The zero-order valence-corrected chi connectivity index (χ0v) is 11.9. The van der Waals surface area contributed by atoms with Gasteiger partial charge in [0.15, 0.2) is 0 Å². The number of halogens is 2. The van der Waals surface area contributed by atoms with Gasteiger partial charge in [0.05, 0.1) is 13.2 Å². The van der Waals surface area contributed by atoms with E-state index in [1.807, 2.05) is 0 Å². The first-order valence-corrected chi connectivity index (χ1v) is 7.53. The summed E-state index contributed by atoms with van der Waals surface area (Å²) in [5.41, 5.74) is 5.82. The van der Waals surface area contributed by atoms with Crippen molar-refractivity contribution in [3.8, 4) is 0 Å². The summed E-state index contributed by atoms with van der Waals surface area (Å²) in [5.74, 6) is -1.79. The van der Waals surface area contributed by atoms with Gasteiger partial charge in [0.1, 0.15) is 11.6 Å². The third-order valence-corrected chi connectivity index (χ3v) is 4.67. The van der Waals surface area contributed by atoms with Gasteiger partial charge in [-0.2, -0.15) is 0 Å². The first kappa shape index (κ1) is 15.6. The summed E-state index contributed by atoms with van der Waals surface area (Å²) in [6.07, 6.45) is 0. The van der Waals surface area contributed by atoms with Crippen molar-refractivity contribution in [2.45, 2.75) is 19.6 Å². The fourth-order valence-corrected chi connectivity index (χ4v) is 3.30. The van der Waals surface area contributed by atoms with Gasteiger partial charge in [0, 0.05) is 10.6 Å². The molecule has 0 radical (unpaired) electrons. The van der Waals surface area contributed by atoms with Gasteiger partial charge in [-0.05, 0) is 32.0 Å². The summed E-state index contributed by atoms with van der Waals surface area (Å²) >= 11 is 5.77. The number of rotatable bonds is 6. The lowest BCUT2D eigenvalue weighted by atomic mass is 10.2. The van der Waals surface area contributed by atoms with Crippen LogP contribution in [0.3, 0.4) is 0 Å². The third kappa shape index (κ3) is 3.53. The van der Waals surface area contributed by atoms with Crippen LogP contribution < -0.4 is 5.73 Å². The lowest BCUT2D eigenvalue weighted by Crippen LogP contribution is -2.16. The number of nitrogens with two attached hydrogens (primary N) is 1. The van der Waals surface area contributed by atoms with Crippen molar-refractivity contribution in [1.29, 1.82) is 0 Å². The Morgan fingerprint density at radius 1 is 1.39 bits per heavy atom. The molecule has 102 valence electrons. The van der Waals surface area contributed by atoms with Crippen LogP contribution in [0, 0.1) is 5.82 Å². The van der Waals surface area contributed by atoms with Crippen molar-refractivity contribution >= 4 is 19.2 Å². The Balaban J connectivity index is 3.13. The summed E-state index contributed by atoms with van der Waals surface area (Å²) in [7, 11) is -3.60. The molecule has 1 aromatic rings. The van der Waals surface area contributed by atoms with Gasteiger partial charge in [-0.15, -0.1) is 0 Å². The predicted molar refractivity (Wildman–Crippen MR) is 69.2 cm³/mol. The van der Waals surface area contributed by atoms with Crippen LogP contribution >= 0.6 is 19.2 Å². The van der Waals surface area contributed by atoms with Crippen molar-refractivity contribution in [3.05, 3.63) is 34.6 Å². The minimum absolute atomic E-state index is 0.0210. The van der Waals surface area contributed by atoms with Gasteiger partial charge in [-0.25, -0.2) is 4.39 Å². The van der Waals surface area contributed by atoms with E-state index in [1.165, 1.54) is 18.2 Å². The highest BCUT2D eigenvalue weighted by atomic mass is 35.5. The largest absolute Gasteiger partial charge is 0.351 e. The van der Waals surface area contributed by atoms with Crippen molar-refractivity contribution in [2.75, 3.05) is 13.2 Å². The normalized spacial score (nSPS) is 13.6. The maximum atomic E-state index is 13.7. The van der Waals surface area contributed by atoms with E-state index in [-0.39, 0.29) is 18.8 Å². The monoisotopic (exact) mass is 295 g/mol. The zero-order chi connectivity index (χ0) is 13.8. The van der Waals surface area contributed by atoms with E-state index < -0.39 is 19.2 Å². The van der Waals surface area contributed by atoms with E-state index in [9.17, 15) is 8.96 Å². The maximum Gasteiger partial charge on any atom is 0.351 e. The molecule has 0 bridgehead atoms. The van der Waals surface area contributed by atoms with E-state index in [2.05, 4.69) is 0 Å².